The Bertz CT molecular complexity index is 513. The lowest BCUT2D eigenvalue weighted by molar-refractivity contribution is -0.130. The first-order valence-corrected chi connectivity index (χ1v) is 9.07. The Hall–Kier alpha value is -1.69. The summed E-state index contributed by atoms with van der Waals surface area (Å²) in [6.07, 6.45) is 2.58. The topological polar surface area (TPSA) is 58.6 Å². The molecule has 6 heteroatoms. The number of amides is 2. The van der Waals surface area contributed by atoms with Crippen LogP contribution in [0, 0.1) is 0 Å². The van der Waals surface area contributed by atoms with Crippen molar-refractivity contribution in [1.29, 1.82) is 0 Å². The fourth-order valence-electron chi connectivity index (χ4n) is 2.43. The van der Waals surface area contributed by atoms with E-state index in [2.05, 4.69) is 5.32 Å². The number of likely N-dealkylation sites (tertiary alicyclic amines) is 1. The predicted octanol–water partition coefficient (Wildman–Crippen LogP) is 2.31. The quantitative estimate of drug-likeness (QED) is 0.740. The first kappa shape index (κ1) is 17.7. The van der Waals surface area contributed by atoms with Gasteiger partial charge in [0.1, 0.15) is 5.75 Å². The molecular formula is C17H24N2O3S. The van der Waals surface area contributed by atoms with Gasteiger partial charge in [-0.3, -0.25) is 9.59 Å². The molecule has 23 heavy (non-hydrogen) atoms. The van der Waals surface area contributed by atoms with Gasteiger partial charge >= 0.3 is 0 Å². The highest BCUT2D eigenvalue weighted by Crippen LogP contribution is 2.21. The number of carbonyl (C=O) groups is 2. The van der Waals surface area contributed by atoms with Gasteiger partial charge in [0, 0.05) is 31.0 Å². The second kappa shape index (κ2) is 9.45. The van der Waals surface area contributed by atoms with E-state index in [1.807, 2.05) is 36.1 Å². The minimum atomic E-state index is -0.0434. The van der Waals surface area contributed by atoms with Crippen molar-refractivity contribution in [3.8, 4) is 5.75 Å². The van der Waals surface area contributed by atoms with E-state index >= 15 is 0 Å². The van der Waals surface area contributed by atoms with Gasteiger partial charge in [-0.05, 0) is 44.0 Å². The predicted molar refractivity (Wildman–Crippen MR) is 91.8 cm³/mol. The third kappa shape index (κ3) is 6.14. The van der Waals surface area contributed by atoms with Gasteiger partial charge in [0.2, 0.25) is 11.8 Å². The summed E-state index contributed by atoms with van der Waals surface area (Å²) in [5.74, 6) is 1.29. The Morgan fingerprint density at radius 3 is 2.57 bits per heavy atom. The number of thioether (sulfide) groups is 1. The summed E-state index contributed by atoms with van der Waals surface area (Å²) in [6.45, 7) is 4.73. The lowest BCUT2D eigenvalue weighted by Gasteiger charge is -2.15. The van der Waals surface area contributed by atoms with Crippen LogP contribution in [0.2, 0.25) is 0 Å². The van der Waals surface area contributed by atoms with E-state index in [-0.39, 0.29) is 11.8 Å². The van der Waals surface area contributed by atoms with Gasteiger partial charge in [0.15, 0.2) is 0 Å². The van der Waals surface area contributed by atoms with Crippen molar-refractivity contribution in [1.82, 2.24) is 10.2 Å². The molecule has 0 aromatic heterocycles. The fraction of sp³-hybridized carbons (Fsp3) is 0.529. The van der Waals surface area contributed by atoms with Gasteiger partial charge in [-0.2, -0.15) is 0 Å². The van der Waals surface area contributed by atoms with Crippen molar-refractivity contribution in [3.63, 3.8) is 0 Å². The number of hydrogen-bond acceptors (Lipinski definition) is 4. The zero-order valence-corrected chi connectivity index (χ0v) is 14.4. The van der Waals surface area contributed by atoms with Crippen LogP contribution in [0.3, 0.4) is 0 Å². The van der Waals surface area contributed by atoms with Gasteiger partial charge in [-0.25, -0.2) is 0 Å². The maximum atomic E-state index is 11.8. The molecule has 2 rings (SSSR count). The zero-order chi connectivity index (χ0) is 16.5. The highest BCUT2D eigenvalue weighted by Gasteiger charge is 2.17. The molecule has 1 aromatic carbocycles. The molecule has 1 heterocycles. The van der Waals surface area contributed by atoms with Crippen LogP contribution in [0.1, 0.15) is 26.2 Å². The summed E-state index contributed by atoms with van der Waals surface area (Å²) < 4.78 is 5.38. The van der Waals surface area contributed by atoms with Crippen molar-refractivity contribution >= 4 is 23.6 Å². The molecule has 126 valence electrons. The molecule has 5 nitrogen and oxygen atoms in total. The maximum absolute atomic E-state index is 11.8. The summed E-state index contributed by atoms with van der Waals surface area (Å²) in [7, 11) is 0. The third-order valence-corrected chi connectivity index (χ3v) is 4.64. The molecule has 0 saturated carbocycles. The number of hydrogen-bond donors (Lipinski definition) is 1. The zero-order valence-electron chi connectivity index (χ0n) is 13.5. The van der Waals surface area contributed by atoms with E-state index in [0.29, 0.717) is 25.3 Å². The van der Waals surface area contributed by atoms with E-state index in [4.69, 9.17) is 4.74 Å². The number of nitrogens with zero attached hydrogens (tertiary/aromatic N) is 1. The van der Waals surface area contributed by atoms with Gasteiger partial charge in [0.25, 0.3) is 0 Å². The van der Waals surface area contributed by atoms with Gasteiger partial charge in [0.05, 0.1) is 12.4 Å². The van der Waals surface area contributed by atoms with Crippen molar-refractivity contribution in [2.45, 2.75) is 31.1 Å². The molecule has 2 amide bonds. The van der Waals surface area contributed by atoms with E-state index < -0.39 is 0 Å². The summed E-state index contributed by atoms with van der Waals surface area (Å²) >= 11 is 1.48. The lowest BCUT2D eigenvalue weighted by Crippen LogP contribution is -2.33. The summed E-state index contributed by atoms with van der Waals surface area (Å²) in [5.41, 5.74) is 0. The minimum Gasteiger partial charge on any atom is -0.494 e. The van der Waals surface area contributed by atoms with E-state index in [1.165, 1.54) is 11.8 Å². The molecule has 1 N–H and O–H groups in total. The standard InChI is InChI=1S/C17H24N2O3S/c1-2-22-14-5-7-15(8-6-14)23-13-16(20)18-10-9-17(21)19-11-3-4-12-19/h5-8H,2-4,9-13H2,1H3,(H,18,20). The summed E-state index contributed by atoms with van der Waals surface area (Å²) in [6, 6.07) is 7.69. The van der Waals surface area contributed by atoms with Crippen LogP contribution < -0.4 is 10.1 Å². The molecule has 0 aliphatic carbocycles. The fourth-order valence-corrected chi connectivity index (χ4v) is 3.16. The Labute approximate surface area is 141 Å². The van der Waals surface area contributed by atoms with Crippen LogP contribution in [-0.4, -0.2) is 48.7 Å². The molecule has 1 aliphatic heterocycles. The molecule has 1 fully saturated rings. The van der Waals surface area contributed by atoms with Gasteiger partial charge < -0.3 is 15.0 Å². The Morgan fingerprint density at radius 1 is 1.22 bits per heavy atom. The Kier molecular flexibility index (Phi) is 7.26. The SMILES string of the molecule is CCOc1ccc(SCC(=O)NCCC(=O)N2CCCC2)cc1. The highest BCUT2D eigenvalue weighted by atomic mass is 32.2. The summed E-state index contributed by atoms with van der Waals surface area (Å²) in [5, 5.41) is 2.81. The first-order valence-electron chi connectivity index (χ1n) is 8.09. The highest BCUT2D eigenvalue weighted by molar-refractivity contribution is 8.00. The van der Waals surface area contributed by atoms with Crippen LogP contribution >= 0.6 is 11.8 Å². The smallest absolute Gasteiger partial charge is 0.230 e. The number of benzene rings is 1. The number of carbonyl (C=O) groups excluding carboxylic acids is 2. The second-order valence-corrected chi connectivity index (χ2v) is 6.43. The average molecular weight is 336 g/mol. The molecule has 0 bridgehead atoms. The normalized spacial score (nSPS) is 13.9. The maximum Gasteiger partial charge on any atom is 0.230 e. The minimum absolute atomic E-state index is 0.0434. The van der Waals surface area contributed by atoms with Gasteiger partial charge in [-0.15, -0.1) is 11.8 Å². The monoisotopic (exact) mass is 336 g/mol. The van der Waals surface area contributed by atoms with Crippen LogP contribution in [0.25, 0.3) is 0 Å². The molecule has 0 atom stereocenters. The molecule has 0 spiro atoms. The molecular weight excluding hydrogens is 312 g/mol. The first-order chi connectivity index (χ1) is 11.2. The van der Waals surface area contributed by atoms with Crippen molar-refractivity contribution in [2.24, 2.45) is 0 Å². The van der Waals surface area contributed by atoms with Crippen molar-refractivity contribution < 1.29 is 14.3 Å². The molecule has 0 unspecified atom stereocenters. The lowest BCUT2D eigenvalue weighted by atomic mass is 10.3. The third-order valence-electron chi connectivity index (χ3n) is 3.62. The molecule has 1 aromatic rings. The van der Waals surface area contributed by atoms with Crippen molar-refractivity contribution in [2.75, 3.05) is 32.0 Å². The van der Waals surface area contributed by atoms with Crippen LogP contribution in [0.15, 0.2) is 29.2 Å². The van der Waals surface area contributed by atoms with Gasteiger partial charge in [-0.1, -0.05) is 0 Å². The van der Waals surface area contributed by atoms with E-state index in [9.17, 15) is 9.59 Å². The second-order valence-electron chi connectivity index (χ2n) is 5.38. The van der Waals surface area contributed by atoms with Crippen LogP contribution in [0.4, 0.5) is 0 Å². The Balaban J connectivity index is 1.61. The number of nitrogens with one attached hydrogen (secondary N) is 1. The van der Waals surface area contributed by atoms with Crippen molar-refractivity contribution in [3.05, 3.63) is 24.3 Å². The van der Waals surface area contributed by atoms with E-state index in [0.717, 1.165) is 36.6 Å². The Morgan fingerprint density at radius 2 is 1.91 bits per heavy atom. The molecule has 0 radical (unpaired) electrons. The number of ether oxygens (including phenoxy) is 1. The molecule has 1 saturated heterocycles. The largest absolute Gasteiger partial charge is 0.494 e. The average Bonchev–Trinajstić information content (AvgIpc) is 3.09. The van der Waals surface area contributed by atoms with Crippen LogP contribution in [-0.2, 0) is 9.59 Å². The number of rotatable bonds is 8. The summed E-state index contributed by atoms with van der Waals surface area (Å²) in [4.78, 5) is 26.6. The van der Waals surface area contributed by atoms with E-state index in [1.54, 1.807) is 0 Å². The van der Waals surface area contributed by atoms with Crippen LogP contribution in [0.5, 0.6) is 5.75 Å². The molecule has 1 aliphatic rings.